The third-order valence-corrected chi connectivity index (χ3v) is 5.06. The van der Waals surface area contributed by atoms with Crippen LogP contribution in [0.25, 0.3) is 0 Å². The van der Waals surface area contributed by atoms with Gasteiger partial charge in [0.25, 0.3) is 0 Å². The Kier molecular flexibility index (Phi) is 3.60. The fourth-order valence-corrected chi connectivity index (χ4v) is 3.85. The Labute approximate surface area is 100 Å². The van der Waals surface area contributed by atoms with Crippen molar-refractivity contribution in [3.05, 3.63) is 0 Å². The molecule has 0 aromatic rings. The summed E-state index contributed by atoms with van der Waals surface area (Å²) in [5, 5.41) is 10.9. The molecule has 1 aliphatic heterocycles. The van der Waals surface area contributed by atoms with Crippen molar-refractivity contribution in [2.75, 3.05) is 20.1 Å². The number of likely N-dealkylation sites (tertiary alicyclic amines) is 1. The number of hydrogen-bond acceptors (Lipinski definition) is 2. The Morgan fingerprint density at radius 2 is 1.62 bits per heavy atom. The molecule has 2 aliphatic rings. The summed E-state index contributed by atoms with van der Waals surface area (Å²) in [6.07, 6.45) is 5.96. The van der Waals surface area contributed by atoms with Gasteiger partial charge in [0.2, 0.25) is 0 Å². The minimum atomic E-state index is -0.368. The molecule has 2 heteroatoms. The predicted octanol–water partition coefficient (Wildman–Crippen LogP) is 2.52. The maximum atomic E-state index is 10.9. The van der Waals surface area contributed by atoms with Crippen LogP contribution in [-0.4, -0.2) is 35.7 Å². The minimum absolute atomic E-state index is 0.368. The second-order valence-electron chi connectivity index (χ2n) is 6.22. The summed E-state index contributed by atoms with van der Waals surface area (Å²) in [6, 6.07) is 0. The Morgan fingerprint density at radius 3 is 2.06 bits per heavy atom. The molecule has 2 atom stereocenters. The van der Waals surface area contributed by atoms with Gasteiger partial charge in [-0.2, -0.15) is 0 Å². The van der Waals surface area contributed by atoms with Crippen molar-refractivity contribution in [2.45, 2.75) is 51.6 Å². The van der Waals surface area contributed by atoms with E-state index in [1.165, 1.54) is 25.7 Å². The van der Waals surface area contributed by atoms with Crippen LogP contribution in [0.2, 0.25) is 0 Å². The molecule has 2 nitrogen and oxygen atoms in total. The van der Waals surface area contributed by atoms with Crippen molar-refractivity contribution < 1.29 is 5.11 Å². The summed E-state index contributed by atoms with van der Waals surface area (Å²) in [6.45, 7) is 6.72. The molecule has 2 fully saturated rings. The third kappa shape index (κ3) is 2.14. The number of aliphatic hydroxyl groups is 1. The van der Waals surface area contributed by atoms with Crippen molar-refractivity contribution in [3.63, 3.8) is 0 Å². The van der Waals surface area contributed by atoms with Crippen LogP contribution in [0.5, 0.6) is 0 Å². The van der Waals surface area contributed by atoms with Crippen LogP contribution in [-0.2, 0) is 0 Å². The highest BCUT2D eigenvalue weighted by atomic mass is 16.3. The number of nitrogens with zero attached hydrogens (tertiary/aromatic N) is 1. The van der Waals surface area contributed by atoms with Gasteiger partial charge in [0.1, 0.15) is 0 Å². The number of rotatable bonds is 1. The summed E-state index contributed by atoms with van der Waals surface area (Å²) < 4.78 is 0. The molecule has 0 aromatic carbocycles. The summed E-state index contributed by atoms with van der Waals surface area (Å²) in [4.78, 5) is 2.43. The highest BCUT2D eigenvalue weighted by molar-refractivity contribution is 4.98. The van der Waals surface area contributed by atoms with E-state index >= 15 is 0 Å². The summed E-state index contributed by atoms with van der Waals surface area (Å²) in [5.74, 6) is 1.86. The van der Waals surface area contributed by atoms with Crippen molar-refractivity contribution in [1.29, 1.82) is 0 Å². The van der Waals surface area contributed by atoms with Gasteiger partial charge in [0.15, 0.2) is 0 Å². The van der Waals surface area contributed by atoms with E-state index in [4.69, 9.17) is 0 Å². The fourth-order valence-electron chi connectivity index (χ4n) is 3.85. The predicted molar refractivity (Wildman–Crippen MR) is 67.3 cm³/mol. The van der Waals surface area contributed by atoms with E-state index in [1.54, 1.807) is 0 Å². The average Bonchev–Trinajstić information content (AvgIpc) is 2.27. The molecular formula is C14H27NO. The summed E-state index contributed by atoms with van der Waals surface area (Å²) in [5.41, 5.74) is -0.368. The van der Waals surface area contributed by atoms with Gasteiger partial charge in [0.05, 0.1) is 5.60 Å². The Bertz CT molecular complexity index is 223. The first-order chi connectivity index (χ1) is 7.56. The van der Waals surface area contributed by atoms with Gasteiger partial charge >= 0.3 is 0 Å². The van der Waals surface area contributed by atoms with Crippen LogP contribution in [0, 0.1) is 17.8 Å². The van der Waals surface area contributed by atoms with Crippen LogP contribution >= 0.6 is 0 Å². The standard InChI is InChI=1S/C14H27NO/c1-4-14(16)12-7-5-11(2)6-8-13(14)10-15(3)9-12/h11-13,16H,4-10H2,1-3H3. The second-order valence-corrected chi connectivity index (χ2v) is 6.22. The zero-order valence-electron chi connectivity index (χ0n) is 11.1. The largest absolute Gasteiger partial charge is 0.389 e. The maximum absolute atomic E-state index is 10.9. The number of fused-ring (bicyclic) bond motifs is 2. The van der Waals surface area contributed by atoms with Crippen molar-refractivity contribution >= 4 is 0 Å². The van der Waals surface area contributed by atoms with Gasteiger partial charge in [-0.15, -0.1) is 0 Å². The Balaban J connectivity index is 2.19. The monoisotopic (exact) mass is 225 g/mol. The number of piperidine rings is 1. The van der Waals surface area contributed by atoms with Gasteiger partial charge in [-0.25, -0.2) is 0 Å². The highest BCUT2D eigenvalue weighted by Gasteiger charge is 2.46. The Morgan fingerprint density at radius 1 is 1.12 bits per heavy atom. The quantitative estimate of drug-likeness (QED) is 0.741. The van der Waals surface area contributed by atoms with Crippen LogP contribution in [0.1, 0.15) is 46.0 Å². The zero-order chi connectivity index (χ0) is 11.8. The average molecular weight is 225 g/mol. The van der Waals surface area contributed by atoms with Crippen molar-refractivity contribution in [2.24, 2.45) is 17.8 Å². The highest BCUT2D eigenvalue weighted by Crippen LogP contribution is 2.43. The smallest absolute Gasteiger partial charge is 0.0725 e. The zero-order valence-corrected chi connectivity index (χ0v) is 11.1. The van der Waals surface area contributed by atoms with Gasteiger partial charge < -0.3 is 10.0 Å². The molecule has 94 valence electrons. The minimum Gasteiger partial charge on any atom is -0.389 e. The van der Waals surface area contributed by atoms with Crippen molar-refractivity contribution in [1.82, 2.24) is 4.90 Å². The first kappa shape index (κ1) is 12.4. The molecule has 16 heavy (non-hydrogen) atoms. The van der Waals surface area contributed by atoms with E-state index < -0.39 is 0 Å². The normalized spacial score (nSPS) is 46.1. The molecule has 1 N–H and O–H groups in total. The van der Waals surface area contributed by atoms with Gasteiger partial charge in [0, 0.05) is 24.9 Å². The lowest BCUT2D eigenvalue weighted by atomic mass is 9.66. The fraction of sp³-hybridized carbons (Fsp3) is 1.00. The first-order valence-electron chi connectivity index (χ1n) is 6.97. The van der Waals surface area contributed by atoms with Crippen molar-refractivity contribution in [3.8, 4) is 0 Å². The summed E-state index contributed by atoms with van der Waals surface area (Å²) in [7, 11) is 2.21. The number of hydrogen-bond donors (Lipinski definition) is 1. The van der Waals surface area contributed by atoms with Gasteiger partial charge in [-0.3, -0.25) is 0 Å². The van der Waals surface area contributed by atoms with E-state index in [0.717, 1.165) is 25.4 Å². The van der Waals surface area contributed by atoms with Crippen LogP contribution in [0.4, 0.5) is 0 Å². The summed E-state index contributed by atoms with van der Waals surface area (Å²) >= 11 is 0. The lowest BCUT2D eigenvalue weighted by Crippen LogP contribution is -2.57. The van der Waals surface area contributed by atoms with E-state index in [-0.39, 0.29) is 5.60 Å². The van der Waals surface area contributed by atoms with Crippen LogP contribution < -0.4 is 0 Å². The lowest BCUT2D eigenvalue weighted by molar-refractivity contribution is -0.127. The topological polar surface area (TPSA) is 23.5 Å². The SMILES string of the molecule is CCC1(O)C2CCC(C)CCC1CN(C)C2. The second kappa shape index (κ2) is 4.66. The lowest BCUT2D eigenvalue weighted by Gasteiger charge is -2.50. The molecule has 0 aromatic heterocycles. The molecular weight excluding hydrogens is 198 g/mol. The molecule has 2 unspecified atom stereocenters. The van der Waals surface area contributed by atoms with Crippen LogP contribution in [0.3, 0.4) is 0 Å². The van der Waals surface area contributed by atoms with Gasteiger partial charge in [-0.1, -0.05) is 26.7 Å². The van der Waals surface area contributed by atoms with E-state index in [0.29, 0.717) is 11.8 Å². The Hall–Kier alpha value is -0.0800. The van der Waals surface area contributed by atoms with E-state index in [9.17, 15) is 5.11 Å². The molecule has 1 saturated carbocycles. The third-order valence-electron chi connectivity index (χ3n) is 5.06. The molecule has 1 saturated heterocycles. The molecule has 0 amide bonds. The molecule has 2 bridgehead atoms. The van der Waals surface area contributed by atoms with E-state index in [2.05, 4.69) is 25.8 Å². The first-order valence-corrected chi connectivity index (χ1v) is 6.97. The van der Waals surface area contributed by atoms with Crippen LogP contribution in [0.15, 0.2) is 0 Å². The molecule has 0 spiro atoms. The van der Waals surface area contributed by atoms with E-state index in [1.807, 2.05) is 0 Å². The molecule has 0 radical (unpaired) electrons. The maximum Gasteiger partial charge on any atom is 0.0725 e. The molecule has 1 heterocycles. The molecule has 1 aliphatic carbocycles. The van der Waals surface area contributed by atoms with Gasteiger partial charge in [-0.05, 0) is 32.2 Å². The molecule has 2 rings (SSSR count).